The van der Waals surface area contributed by atoms with Crippen LogP contribution in [-0.2, 0) is 6.42 Å². The molecule has 2 aromatic carbocycles. The highest BCUT2D eigenvalue weighted by Crippen LogP contribution is 2.20. The zero-order valence-electron chi connectivity index (χ0n) is 14.3. The summed E-state index contributed by atoms with van der Waals surface area (Å²) in [5.74, 6) is 0. The van der Waals surface area contributed by atoms with E-state index in [4.69, 9.17) is 0 Å². The van der Waals surface area contributed by atoms with Gasteiger partial charge in [-0.15, -0.1) is 0 Å². The minimum absolute atomic E-state index is 0.0640. The Labute approximate surface area is 155 Å². The minimum Gasteiger partial charge on any atom is -0.294 e. The summed E-state index contributed by atoms with van der Waals surface area (Å²) < 4.78 is 2.56. The predicted octanol–water partition coefficient (Wildman–Crippen LogP) is 5.02. The third-order valence-corrected chi connectivity index (χ3v) is 4.44. The lowest BCUT2D eigenvalue weighted by Gasteiger charge is -2.01. The summed E-state index contributed by atoms with van der Waals surface area (Å²) in [6.45, 7) is 3.99. The lowest BCUT2D eigenvalue weighted by atomic mass is 10.1. The van der Waals surface area contributed by atoms with Gasteiger partial charge < -0.3 is 0 Å². The molecule has 0 saturated heterocycles. The van der Waals surface area contributed by atoms with E-state index in [1.807, 2.05) is 61.5 Å². The first-order valence-corrected chi connectivity index (χ1v) is 9.10. The van der Waals surface area contributed by atoms with Crippen LogP contribution in [0, 0.1) is 0 Å². The Morgan fingerprint density at radius 1 is 1.16 bits per heavy atom. The molecular weight excluding hydrogens is 378 g/mol. The van der Waals surface area contributed by atoms with Crippen LogP contribution in [0.1, 0.15) is 31.5 Å². The molecule has 4 nitrogen and oxygen atoms in total. The molecule has 0 saturated carbocycles. The second-order valence-corrected chi connectivity index (χ2v) is 6.78. The Balaban J connectivity index is 2.11. The third kappa shape index (κ3) is 3.82. The van der Waals surface area contributed by atoms with E-state index in [2.05, 4.69) is 32.9 Å². The van der Waals surface area contributed by atoms with Crippen molar-refractivity contribution in [2.24, 2.45) is 4.99 Å². The van der Waals surface area contributed by atoms with E-state index in [0.29, 0.717) is 5.56 Å². The minimum atomic E-state index is -0.0640. The molecule has 1 heterocycles. The van der Waals surface area contributed by atoms with Gasteiger partial charge in [-0.1, -0.05) is 53.5 Å². The number of benzene rings is 2. The van der Waals surface area contributed by atoms with Gasteiger partial charge in [0.15, 0.2) is 0 Å². The fourth-order valence-electron chi connectivity index (χ4n) is 2.84. The summed E-state index contributed by atoms with van der Waals surface area (Å²) in [5, 5.41) is 3.26. The standard InChI is InChI=1S/C20H20BrN3O/c1-3-8-18-19(14(2)22-16-10-7-9-15(21)13-16)20(25)24(23-18)17-11-5-4-6-12-17/h4-7,9-13,23H,3,8H2,1-2H3. The molecule has 0 aliphatic rings. The number of nitrogens with zero attached hydrogens (tertiary/aromatic N) is 2. The number of halogens is 1. The fourth-order valence-corrected chi connectivity index (χ4v) is 3.23. The van der Waals surface area contributed by atoms with Crippen molar-refractivity contribution in [2.75, 3.05) is 0 Å². The summed E-state index contributed by atoms with van der Waals surface area (Å²) in [5.41, 5.74) is 3.88. The van der Waals surface area contributed by atoms with Gasteiger partial charge in [0.05, 0.1) is 22.6 Å². The van der Waals surface area contributed by atoms with Crippen LogP contribution in [0.15, 0.2) is 68.9 Å². The van der Waals surface area contributed by atoms with Crippen molar-refractivity contribution in [3.63, 3.8) is 0 Å². The van der Waals surface area contributed by atoms with Crippen LogP contribution in [0.3, 0.4) is 0 Å². The summed E-state index contributed by atoms with van der Waals surface area (Å²) in [6, 6.07) is 17.4. The smallest absolute Gasteiger partial charge is 0.280 e. The van der Waals surface area contributed by atoms with Crippen LogP contribution in [0.25, 0.3) is 5.69 Å². The van der Waals surface area contributed by atoms with E-state index >= 15 is 0 Å². The van der Waals surface area contributed by atoms with Crippen LogP contribution in [-0.4, -0.2) is 15.5 Å². The number of aromatic nitrogens is 2. The van der Waals surface area contributed by atoms with Crippen molar-refractivity contribution in [3.05, 3.63) is 80.7 Å². The number of hydrogen-bond acceptors (Lipinski definition) is 2. The molecule has 25 heavy (non-hydrogen) atoms. The van der Waals surface area contributed by atoms with E-state index in [1.54, 1.807) is 4.68 Å². The van der Waals surface area contributed by atoms with Crippen molar-refractivity contribution in [1.29, 1.82) is 0 Å². The molecule has 1 aromatic heterocycles. The van der Waals surface area contributed by atoms with Crippen molar-refractivity contribution >= 4 is 27.3 Å². The number of aliphatic imine (C=N–C) groups is 1. The van der Waals surface area contributed by atoms with Crippen molar-refractivity contribution in [2.45, 2.75) is 26.7 Å². The van der Waals surface area contributed by atoms with E-state index in [0.717, 1.165) is 40.1 Å². The zero-order chi connectivity index (χ0) is 17.8. The van der Waals surface area contributed by atoms with E-state index in [-0.39, 0.29) is 5.56 Å². The SMILES string of the molecule is CCCc1[nH]n(-c2ccccc2)c(=O)c1C(C)=Nc1cccc(Br)c1. The normalized spacial score (nSPS) is 11.7. The maximum absolute atomic E-state index is 13.0. The molecule has 0 radical (unpaired) electrons. The Morgan fingerprint density at radius 3 is 2.60 bits per heavy atom. The molecule has 3 aromatic rings. The first-order valence-electron chi connectivity index (χ1n) is 8.30. The second-order valence-electron chi connectivity index (χ2n) is 5.87. The number of rotatable bonds is 5. The monoisotopic (exact) mass is 397 g/mol. The fraction of sp³-hybridized carbons (Fsp3) is 0.200. The number of aryl methyl sites for hydroxylation is 1. The molecule has 0 amide bonds. The highest BCUT2D eigenvalue weighted by atomic mass is 79.9. The summed E-state index contributed by atoms with van der Waals surface area (Å²) in [6.07, 6.45) is 1.75. The lowest BCUT2D eigenvalue weighted by molar-refractivity contribution is 0.793. The van der Waals surface area contributed by atoms with Gasteiger partial charge in [-0.05, 0) is 43.7 Å². The largest absolute Gasteiger partial charge is 0.294 e. The van der Waals surface area contributed by atoms with Crippen molar-refractivity contribution in [3.8, 4) is 5.69 Å². The predicted molar refractivity (Wildman–Crippen MR) is 106 cm³/mol. The molecule has 1 N–H and O–H groups in total. The molecule has 0 unspecified atom stereocenters. The second kappa shape index (κ2) is 7.66. The zero-order valence-corrected chi connectivity index (χ0v) is 15.9. The van der Waals surface area contributed by atoms with Crippen LogP contribution < -0.4 is 5.56 Å². The molecule has 0 aliphatic carbocycles. The van der Waals surface area contributed by atoms with Gasteiger partial charge in [-0.3, -0.25) is 14.9 Å². The molecule has 128 valence electrons. The maximum Gasteiger partial charge on any atom is 0.280 e. The molecule has 5 heteroatoms. The Kier molecular flexibility index (Phi) is 5.34. The first-order chi connectivity index (χ1) is 12.1. The maximum atomic E-state index is 13.0. The number of nitrogens with one attached hydrogen (secondary N) is 1. The van der Waals surface area contributed by atoms with E-state index in [1.165, 1.54) is 0 Å². The van der Waals surface area contributed by atoms with Crippen molar-refractivity contribution in [1.82, 2.24) is 9.78 Å². The highest BCUT2D eigenvalue weighted by Gasteiger charge is 2.17. The van der Waals surface area contributed by atoms with Gasteiger partial charge in [0.25, 0.3) is 5.56 Å². The lowest BCUT2D eigenvalue weighted by Crippen LogP contribution is -2.19. The Hall–Kier alpha value is -2.40. The molecular formula is C20H20BrN3O. The van der Waals surface area contributed by atoms with Gasteiger partial charge >= 0.3 is 0 Å². The molecule has 0 atom stereocenters. The summed E-state index contributed by atoms with van der Waals surface area (Å²) in [4.78, 5) is 17.7. The van der Waals surface area contributed by atoms with E-state index in [9.17, 15) is 4.79 Å². The highest BCUT2D eigenvalue weighted by molar-refractivity contribution is 9.10. The van der Waals surface area contributed by atoms with Crippen LogP contribution in [0.4, 0.5) is 5.69 Å². The first kappa shape index (κ1) is 17.4. The summed E-state index contributed by atoms with van der Waals surface area (Å²) in [7, 11) is 0. The van der Waals surface area contributed by atoms with Gasteiger partial charge in [-0.25, -0.2) is 4.68 Å². The van der Waals surface area contributed by atoms with Gasteiger partial charge in [0.1, 0.15) is 0 Å². The number of hydrogen-bond donors (Lipinski definition) is 1. The van der Waals surface area contributed by atoms with Crippen LogP contribution in [0.5, 0.6) is 0 Å². The summed E-state index contributed by atoms with van der Waals surface area (Å²) >= 11 is 3.46. The third-order valence-electron chi connectivity index (χ3n) is 3.95. The number of para-hydroxylation sites is 1. The Bertz CT molecular complexity index is 955. The van der Waals surface area contributed by atoms with Gasteiger partial charge in [0.2, 0.25) is 0 Å². The molecule has 0 fully saturated rings. The average molecular weight is 398 g/mol. The molecule has 0 aliphatic heterocycles. The van der Waals surface area contributed by atoms with Crippen LogP contribution >= 0.6 is 15.9 Å². The average Bonchev–Trinajstić information content (AvgIpc) is 2.92. The van der Waals surface area contributed by atoms with Gasteiger partial charge in [-0.2, -0.15) is 0 Å². The molecule has 0 bridgehead atoms. The molecule has 0 spiro atoms. The van der Waals surface area contributed by atoms with E-state index < -0.39 is 0 Å². The quantitative estimate of drug-likeness (QED) is 0.603. The number of aromatic amines is 1. The molecule has 3 rings (SSSR count). The van der Waals surface area contributed by atoms with Gasteiger partial charge in [0, 0.05) is 10.2 Å². The van der Waals surface area contributed by atoms with Crippen molar-refractivity contribution < 1.29 is 0 Å². The number of H-pyrrole nitrogens is 1. The van der Waals surface area contributed by atoms with Crippen LogP contribution in [0.2, 0.25) is 0 Å². The Morgan fingerprint density at radius 2 is 1.92 bits per heavy atom. The topological polar surface area (TPSA) is 50.1 Å².